The summed E-state index contributed by atoms with van der Waals surface area (Å²) in [6, 6.07) is 7.51. The fourth-order valence-corrected chi connectivity index (χ4v) is 3.89. The van der Waals surface area contributed by atoms with Crippen LogP contribution >= 0.6 is 0 Å². The SMILES string of the molecule is CN1C2CCC1CN(C(=O)C(C)(C)c1cccc(F)c1)CC2. The van der Waals surface area contributed by atoms with Gasteiger partial charge in [-0.1, -0.05) is 12.1 Å². The van der Waals surface area contributed by atoms with Crippen LogP contribution in [0.4, 0.5) is 4.39 Å². The number of likely N-dealkylation sites (N-methyl/N-ethyl adjacent to an activating group) is 1. The summed E-state index contributed by atoms with van der Waals surface area (Å²) < 4.78 is 13.5. The molecule has 4 heteroatoms. The highest BCUT2D eigenvalue weighted by Gasteiger charge is 2.40. The summed E-state index contributed by atoms with van der Waals surface area (Å²) in [5.74, 6) is -0.174. The van der Waals surface area contributed by atoms with E-state index in [-0.39, 0.29) is 11.7 Å². The number of rotatable bonds is 2. The molecule has 1 aromatic carbocycles. The van der Waals surface area contributed by atoms with Gasteiger partial charge < -0.3 is 4.90 Å². The lowest BCUT2D eigenvalue weighted by atomic mass is 9.83. The average Bonchev–Trinajstić information content (AvgIpc) is 2.71. The first-order valence-corrected chi connectivity index (χ1v) is 8.17. The number of halogens is 1. The molecule has 2 aliphatic rings. The Balaban J connectivity index is 1.81. The first-order valence-electron chi connectivity index (χ1n) is 8.17. The molecule has 0 spiro atoms. The number of carbonyl (C=O) groups is 1. The summed E-state index contributed by atoms with van der Waals surface area (Å²) in [6.45, 7) is 5.40. The minimum atomic E-state index is -0.690. The van der Waals surface area contributed by atoms with E-state index in [1.165, 1.54) is 25.0 Å². The lowest BCUT2D eigenvalue weighted by Gasteiger charge is -2.33. The summed E-state index contributed by atoms with van der Waals surface area (Å²) in [7, 11) is 2.17. The first kappa shape index (κ1) is 15.5. The molecule has 0 aromatic heterocycles. The molecule has 2 atom stereocenters. The minimum absolute atomic E-state index is 0.110. The van der Waals surface area contributed by atoms with Crippen LogP contribution < -0.4 is 0 Å². The second kappa shape index (κ2) is 5.65. The van der Waals surface area contributed by atoms with Crippen LogP contribution in [0.5, 0.6) is 0 Å². The summed E-state index contributed by atoms with van der Waals surface area (Å²) in [4.78, 5) is 17.5. The Morgan fingerprint density at radius 2 is 1.95 bits per heavy atom. The van der Waals surface area contributed by atoms with Gasteiger partial charge in [-0.2, -0.15) is 0 Å². The number of benzene rings is 1. The fourth-order valence-electron chi connectivity index (χ4n) is 3.89. The zero-order chi connectivity index (χ0) is 15.9. The molecule has 2 heterocycles. The monoisotopic (exact) mass is 304 g/mol. The van der Waals surface area contributed by atoms with Gasteiger partial charge in [-0.25, -0.2) is 4.39 Å². The predicted molar refractivity (Wildman–Crippen MR) is 85.2 cm³/mol. The Kier molecular flexibility index (Phi) is 3.98. The van der Waals surface area contributed by atoms with E-state index in [0.717, 1.165) is 25.1 Å². The molecule has 22 heavy (non-hydrogen) atoms. The highest BCUT2D eigenvalue weighted by molar-refractivity contribution is 5.87. The van der Waals surface area contributed by atoms with Crippen LogP contribution in [-0.2, 0) is 10.2 Å². The lowest BCUT2D eigenvalue weighted by molar-refractivity contribution is -0.136. The number of fused-ring (bicyclic) bond motifs is 2. The van der Waals surface area contributed by atoms with Gasteiger partial charge in [0.05, 0.1) is 5.41 Å². The van der Waals surface area contributed by atoms with Crippen molar-refractivity contribution in [1.29, 1.82) is 0 Å². The van der Waals surface area contributed by atoms with Crippen molar-refractivity contribution >= 4 is 5.91 Å². The third-order valence-electron chi connectivity index (χ3n) is 5.52. The lowest BCUT2D eigenvalue weighted by Crippen LogP contribution is -2.47. The van der Waals surface area contributed by atoms with Crippen molar-refractivity contribution < 1.29 is 9.18 Å². The van der Waals surface area contributed by atoms with Crippen molar-refractivity contribution in [3.8, 4) is 0 Å². The number of hydrogen-bond donors (Lipinski definition) is 0. The molecular formula is C18H25FN2O. The minimum Gasteiger partial charge on any atom is -0.340 e. The molecule has 1 amide bonds. The molecule has 2 fully saturated rings. The zero-order valence-electron chi connectivity index (χ0n) is 13.7. The summed E-state index contributed by atoms with van der Waals surface area (Å²) >= 11 is 0. The molecule has 2 saturated heterocycles. The topological polar surface area (TPSA) is 23.6 Å². The molecule has 0 aliphatic carbocycles. The quantitative estimate of drug-likeness (QED) is 0.839. The molecule has 120 valence electrons. The Hall–Kier alpha value is -1.42. The van der Waals surface area contributed by atoms with E-state index in [1.54, 1.807) is 6.07 Å². The van der Waals surface area contributed by atoms with Gasteiger partial charge in [0.1, 0.15) is 5.82 Å². The van der Waals surface area contributed by atoms with Crippen LogP contribution in [0, 0.1) is 5.82 Å². The standard InChI is InChI=1S/C18H25FN2O/c1-18(2,13-5-4-6-14(19)11-13)17(22)21-10-9-15-7-8-16(12-21)20(15)3/h4-6,11,15-16H,7-10,12H2,1-3H3. The third-order valence-corrected chi connectivity index (χ3v) is 5.52. The predicted octanol–water partition coefficient (Wildman–Crippen LogP) is 2.80. The Morgan fingerprint density at radius 3 is 2.68 bits per heavy atom. The Morgan fingerprint density at radius 1 is 1.23 bits per heavy atom. The second-order valence-corrected chi connectivity index (χ2v) is 7.23. The largest absolute Gasteiger partial charge is 0.340 e. The maximum Gasteiger partial charge on any atom is 0.232 e. The van der Waals surface area contributed by atoms with Crippen LogP contribution in [0.25, 0.3) is 0 Å². The van der Waals surface area contributed by atoms with Gasteiger partial charge in [0.2, 0.25) is 5.91 Å². The molecule has 2 aliphatic heterocycles. The van der Waals surface area contributed by atoms with Crippen molar-refractivity contribution in [1.82, 2.24) is 9.80 Å². The van der Waals surface area contributed by atoms with Crippen LogP contribution in [0.1, 0.15) is 38.7 Å². The number of nitrogens with zero attached hydrogens (tertiary/aromatic N) is 2. The molecule has 0 saturated carbocycles. The molecular weight excluding hydrogens is 279 g/mol. The summed E-state index contributed by atoms with van der Waals surface area (Å²) in [5.41, 5.74) is 0.0600. The van der Waals surface area contributed by atoms with Crippen molar-refractivity contribution in [2.24, 2.45) is 0 Å². The van der Waals surface area contributed by atoms with Crippen molar-refractivity contribution in [2.75, 3.05) is 20.1 Å². The van der Waals surface area contributed by atoms with Crippen molar-refractivity contribution in [2.45, 2.75) is 50.6 Å². The first-order chi connectivity index (χ1) is 10.4. The van der Waals surface area contributed by atoms with E-state index in [2.05, 4.69) is 11.9 Å². The third kappa shape index (κ3) is 2.65. The zero-order valence-corrected chi connectivity index (χ0v) is 13.7. The molecule has 0 N–H and O–H groups in total. The molecule has 3 rings (SSSR count). The van der Waals surface area contributed by atoms with Crippen LogP contribution in [0.15, 0.2) is 24.3 Å². The molecule has 1 aromatic rings. The van der Waals surface area contributed by atoms with E-state index in [0.29, 0.717) is 12.1 Å². The number of likely N-dealkylation sites (tertiary alicyclic amines) is 1. The van der Waals surface area contributed by atoms with E-state index in [4.69, 9.17) is 0 Å². The van der Waals surface area contributed by atoms with Crippen molar-refractivity contribution in [3.05, 3.63) is 35.6 Å². The van der Waals surface area contributed by atoms with Gasteiger partial charge in [-0.05, 0) is 57.9 Å². The van der Waals surface area contributed by atoms with E-state index in [1.807, 2.05) is 24.8 Å². The average molecular weight is 304 g/mol. The fraction of sp³-hybridized carbons (Fsp3) is 0.611. The van der Waals surface area contributed by atoms with Gasteiger partial charge in [-0.3, -0.25) is 9.69 Å². The van der Waals surface area contributed by atoms with Gasteiger partial charge in [0.15, 0.2) is 0 Å². The van der Waals surface area contributed by atoms with Gasteiger partial charge >= 0.3 is 0 Å². The maximum atomic E-state index is 13.5. The maximum absolute atomic E-state index is 13.5. The smallest absolute Gasteiger partial charge is 0.232 e. The second-order valence-electron chi connectivity index (χ2n) is 7.23. The molecule has 3 nitrogen and oxygen atoms in total. The van der Waals surface area contributed by atoms with Crippen LogP contribution in [0.3, 0.4) is 0 Å². The molecule has 2 unspecified atom stereocenters. The van der Waals surface area contributed by atoms with Crippen molar-refractivity contribution in [3.63, 3.8) is 0 Å². The summed E-state index contributed by atoms with van der Waals surface area (Å²) in [5, 5.41) is 0. The Labute approximate surface area is 132 Å². The highest BCUT2D eigenvalue weighted by atomic mass is 19.1. The van der Waals surface area contributed by atoms with Gasteiger partial charge in [-0.15, -0.1) is 0 Å². The van der Waals surface area contributed by atoms with Crippen LogP contribution in [0.2, 0.25) is 0 Å². The van der Waals surface area contributed by atoms with Gasteiger partial charge in [0.25, 0.3) is 0 Å². The highest BCUT2D eigenvalue weighted by Crippen LogP contribution is 2.32. The summed E-state index contributed by atoms with van der Waals surface area (Å²) in [6.07, 6.45) is 3.46. The van der Waals surface area contributed by atoms with Gasteiger partial charge in [0, 0.05) is 25.2 Å². The number of carbonyl (C=O) groups excluding carboxylic acids is 1. The number of amides is 1. The van der Waals surface area contributed by atoms with Crippen LogP contribution in [-0.4, -0.2) is 47.9 Å². The van der Waals surface area contributed by atoms with E-state index < -0.39 is 5.41 Å². The molecule has 2 bridgehead atoms. The number of hydrogen-bond acceptors (Lipinski definition) is 2. The van der Waals surface area contributed by atoms with E-state index >= 15 is 0 Å². The Bertz CT molecular complexity index is 572. The molecule has 0 radical (unpaired) electrons. The van der Waals surface area contributed by atoms with E-state index in [9.17, 15) is 9.18 Å². The normalized spacial score (nSPS) is 26.1.